The minimum absolute atomic E-state index is 0.0477. The summed E-state index contributed by atoms with van der Waals surface area (Å²) in [6.45, 7) is 1.83. The number of carboxylic acids is 1. The van der Waals surface area contributed by atoms with Crippen LogP contribution in [0.4, 0.5) is 0 Å². The Hall–Kier alpha value is -1.14. The molecule has 0 radical (unpaired) electrons. The average molecular weight is 206 g/mol. The molecule has 1 atom stereocenters. The molecule has 0 aromatic heterocycles. The molecule has 6 heteroatoms. The van der Waals surface area contributed by atoms with Gasteiger partial charge in [0.1, 0.15) is 0 Å². The van der Waals surface area contributed by atoms with Crippen molar-refractivity contribution in [1.82, 2.24) is 0 Å². The Kier molecular flexibility index (Phi) is 5.11. The highest BCUT2D eigenvalue weighted by molar-refractivity contribution is 5.84. The third-order valence-corrected chi connectivity index (χ3v) is 1.88. The van der Waals surface area contributed by atoms with Gasteiger partial charge in [-0.2, -0.15) is 5.26 Å². The van der Waals surface area contributed by atoms with Crippen LogP contribution in [0.1, 0.15) is 32.6 Å². The van der Waals surface area contributed by atoms with E-state index < -0.39 is 24.0 Å². The molecule has 0 aromatic rings. The van der Waals surface area contributed by atoms with Gasteiger partial charge in [-0.1, -0.05) is 19.8 Å². The summed E-state index contributed by atoms with van der Waals surface area (Å²) in [6, 6.07) is 0. The topological polar surface area (TPSA) is 104 Å². The van der Waals surface area contributed by atoms with Gasteiger partial charge in [-0.05, 0) is 6.42 Å². The van der Waals surface area contributed by atoms with E-state index in [0.29, 0.717) is 12.8 Å². The first-order valence-electron chi connectivity index (χ1n) is 4.26. The normalized spacial score (nSPS) is 14.5. The minimum Gasteiger partial charge on any atom is -0.479 e. The predicted octanol–water partition coefficient (Wildman–Crippen LogP) is 0.399. The third-order valence-electron chi connectivity index (χ3n) is 1.88. The van der Waals surface area contributed by atoms with E-state index in [0.717, 1.165) is 0 Å². The summed E-state index contributed by atoms with van der Waals surface area (Å²) in [6.07, 6.45) is 0.373. The number of aliphatic carboxylic acids is 1. The van der Waals surface area contributed by atoms with Gasteiger partial charge in [0.05, 0.1) is 6.42 Å². The van der Waals surface area contributed by atoms with Crippen LogP contribution in [-0.2, 0) is 14.5 Å². The summed E-state index contributed by atoms with van der Waals surface area (Å²) >= 11 is 0. The van der Waals surface area contributed by atoms with Crippen LogP contribution in [-0.4, -0.2) is 33.0 Å². The molecule has 0 amide bonds. The van der Waals surface area contributed by atoms with E-state index in [1.807, 2.05) is 6.92 Å². The Bertz CT molecular complexity index is 214. The number of carboxylic acid groups (broad SMARTS) is 1. The summed E-state index contributed by atoms with van der Waals surface area (Å²) in [7, 11) is 0. The maximum absolute atomic E-state index is 10.6. The van der Waals surface area contributed by atoms with Gasteiger partial charge in [0.2, 0.25) is 0 Å². The van der Waals surface area contributed by atoms with E-state index >= 15 is 0 Å². The molecule has 0 heterocycles. The molecule has 0 saturated carbocycles. The largest absolute Gasteiger partial charge is 0.479 e. The summed E-state index contributed by atoms with van der Waals surface area (Å²) in [4.78, 5) is 24.6. The molecular formula is C8H14O6. The lowest BCUT2D eigenvalue weighted by molar-refractivity contribution is -0.238. The van der Waals surface area contributed by atoms with Crippen molar-refractivity contribution in [3.63, 3.8) is 0 Å². The fraction of sp³-hybridized carbons (Fsp3) is 0.750. The number of unbranched alkanes of at least 4 members (excludes halogenated alkanes) is 1. The summed E-state index contributed by atoms with van der Waals surface area (Å²) in [5, 5.41) is 26.1. The number of carbonyl (C=O) groups excluding carboxylic acids is 1. The third kappa shape index (κ3) is 3.71. The van der Waals surface area contributed by atoms with E-state index in [2.05, 4.69) is 4.89 Å². The predicted molar refractivity (Wildman–Crippen MR) is 45.4 cm³/mol. The molecule has 0 spiro atoms. The molecule has 0 aliphatic heterocycles. The zero-order chi connectivity index (χ0) is 11.2. The van der Waals surface area contributed by atoms with Gasteiger partial charge in [0.25, 0.3) is 0 Å². The van der Waals surface area contributed by atoms with Gasteiger partial charge in [0.15, 0.2) is 5.60 Å². The van der Waals surface area contributed by atoms with Gasteiger partial charge in [-0.3, -0.25) is 0 Å². The molecular weight excluding hydrogens is 192 g/mol. The molecule has 0 aromatic carbocycles. The molecule has 0 bridgehead atoms. The standard InChI is InChI=1S/C8H14O6/c1-2-3-4-8(12,7(10)11)5-6(9)14-13/h12-13H,2-5H2,1H3,(H,10,11). The Morgan fingerprint density at radius 1 is 1.43 bits per heavy atom. The smallest absolute Gasteiger partial charge is 0.345 e. The highest BCUT2D eigenvalue weighted by Gasteiger charge is 2.38. The number of hydrogen-bond acceptors (Lipinski definition) is 5. The first-order valence-corrected chi connectivity index (χ1v) is 4.26. The van der Waals surface area contributed by atoms with Crippen LogP contribution in [0.2, 0.25) is 0 Å². The lowest BCUT2D eigenvalue weighted by Gasteiger charge is -2.20. The molecule has 3 N–H and O–H groups in total. The molecule has 0 saturated heterocycles. The highest BCUT2D eigenvalue weighted by Crippen LogP contribution is 2.19. The van der Waals surface area contributed by atoms with Crippen molar-refractivity contribution in [1.29, 1.82) is 0 Å². The van der Waals surface area contributed by atoms with Crippen LogP contribution < -0.4 is 0 Å². The summed E-state index contributed by atoms with van der Waals surface area (Å²) < 4.78 is 0. The van der Waals surface area contributed by atoms with Gasteiger partial charge >= 0.3 is 11.9 Å². The molecule has 14 heavy (non-hydrogen) atoms. The fourth-order valence-electron chi connectivity index (χ4n) is 1.01. The zero-order valence-corrected chi connectivity index (χ0v) is 7.89. The van der Waals surface area contributed by atoms with Crippen molar-refractivity contribution in [2.24, 2.45) is 0 Å². The van der Waals surface area contributed by atoms with Crippen LogP contribution in [0.5, 0.6) is 0 Å². The second-order valence-corrected chi connectivity index (χ2v) is 3.08. The van der Waals surface area contributed by atoms with Crippen LogP contribution in [0.3, 0.4) is 0 Å². The van der Waals surface area contributed by atoms with Crippen LogP contribution in [0.25, 0.3) is 0 Å². The van der Waals surface area contributed by atoms with Crippen molar-refractivity contribution < 1.29 is 29.9 Å². The first kappa shape index (κ1) is 12.9. The molecule has 6 nitrogen and oxygen atoms in total. The maximum atomic E-state index is 10.6. The van der Waals surface area contributed by atoms with E-state index in [9.17, 15) is 14.7 Å². The Labute approximate surface area is 81.0 Å². The van der Waals surface area contributed by atoms with Crippen LogP contribution >= 0.6 is 0 Å². The molecule has 0 rings (SSSR count). The molecule has 82 valence electrons. The molecule has 1 unspecified atom stereocenters. The summed E-state index contributed by atoms with van der Waals surface area (Å²) in [5.41, 5.74) is -2.14. The number of hydrogen-bond donors (Lipinski definition) is 3. The second kappa shape index (κ2) is 5.56. The molecule has 0 aliphatic carbocycles. The van der Waals surface area contributed by atoms with Crippen molar-refractivity contribution in [3.05, 3.63) is 0 Å². The Balaban J connectivity index is 4.39. The molecule has 0 aliphatic rings. The van der Waals surface area contributed by atoms with Gasteiger partial charge < -0.3 is 15.1 Å². The van der Waals surface area contributed by atoms with Crippen molar-refractivity contribution in [2.75, 3.05) is 0 Å². The zero-order valence-electron chi connectivity index (χ0n) is 7.89. The Morgan fingerprint density at radius 2 is 2.00 bits per heavy atom. The number of carbonyl (C=O) groups is 2. The maximum Gasteiger partial charge on any atom is 0.345 e. The van der Waals surface area contributed by atoms with E-state index in [4.69, 9.17) is 10.4 Å². The van der Waals surface area contributed by atoms with E-state index in [-0.39, 0.29) is 6.42 Å². The number of aliphatic hydroxyl groups is 1. The van der Waals surface area contributed by atoms with Gasteiger partial charge in [-0.25, -0.2) is 9.59 Å². The van der Waals surface area contributed by atoms with Crippen molar-refractivity contribution >= 4 is 11.9 Å². The lowest BCUT2D eigenvalue weighted by Crippen LogP contribution is -2.41. The second-order valence-electron chi connectivity index (χ2n) is 3.08. The van der Waals surface area contributed by atoms with E-state index in [1.165, 1.54) is 0 Å². The summed E-state index contributed by atoms with van der Waals surface area (Å²) in [5.74, 6) is -2.65. The van der Waals surface area contributed by atoms with E-state index in [1.54, 1.807) is 0 Å². The molecule has 0 fully saturated rings. The monoisotopic (exact) mass is 206 g/mol. The highest BCUT2D eigenvalue weighted by atomic mass is 17.1. The van der Waals surface area contributed by atoms with Crippen molar-refractivity contribution in [3.8, 4) is 0 Å². The average Bonchev–Trinajstić information content (AvgIpc) is 2.14. The van der Waals surface area contributed by atoms with Crippen LogP contribution in [0.15, 0.2) is 0 Å². The van der Waals surface area contributed by atoms with Crippen molar-refractivity contribution in [2.45, 2.75) is 38.2 Å². The SMILES string of the molecule is CCCCC(O)(CC(=O)OO)C(=O)O. The Morgan fingerprint density at radius 3 is 2.36 bits per heavy atom. The fourth-order valence-corrected chi connectivity index (χ4v) is 1.01. The quantitative estimate of drug-likeness (QED) is 0.429. The van der Waals surface area contributed by atoms with Crippen LogP contribution in [0, 0.1) is 0 Å². The van der Waals surface area contributed by atoms with Gasteiger partial charge in [-0.15, -0.1) is 0 Å². The lowest BCUT2D eigenvalue weighted by atomic mass is 9.93. The minimum atomic E-state index is -2.14. The van der Waals surface area contributed by atoms with Gasteiger partial charge in [0, 0.05) is 0 Å². The first-order chi connectivity index (χ1) is 6.46. The number of rotatable bonds is 6.